The molecule has 4 heteroatoms. The number of carboxylic acid groups (broad SMARTS) is 1. The van der Waals surface area contributed by atoms with E-state index in [-0.39, 0.29) is 12.2 Å². The zero-order chi connectivity index (χ0) is 14.7. The summed E-state index contributed by atoms with van der Waals surface area (Å²) >= 11 is 0. The molecule has 0 saturated carbocycles. The van der Waals surface area contributed by atoms with Crippen molar-refractivity contribution in [2.24, 2.45) is 0 Å². The molecule has 0 aliphatic rings. The standard InChI is InChI=1S/C16H18O4/c1-10(2)12-6-11(3)7-13(8-12)20-9-15-14(16(17)18)4-5-19-15/h4-8,10H,9H2,1-3H3,(H,17,18). The van der Waals surface area contributed by atoms with E-state index in [4.69, 9.17) is 14.3 Å². The van der Waals surface area contributed by atoms with Crippen LogP contribution in [-0.4, -0.2) is 11.1 Å². The summed E-state index contributed by atoms with van der Waals surface area (Å²) in [4.78, 5) is 11.0. The first kappa shape index (κ1) is 14.2. The minimum absolute atomic E-state index is 0.107. The number of carbonyl (C=O) groups is 1. The van der Waals surface area contributed by atoms with Gasteiger partial charge >= 0.3 is 5.97 Å². The van der Waals surface area contributed by atoms with Gasteiger partial charge in [-0.2, -0.15) is 0 Å². The third-order valence-corrected chi connectivity index (χ3v) is 3.09. The monoisotopic (exact) mass is 274 g/mol. The summed E-state index contributed by atoms with van der Waals surface area (Å²) in [7, 11) is 0. The lowest BCUT2D eigenvalue weighted by molar-refractivity contribution is 0.0692. The SMILES string of the molecule is Cc1cc(OCc2occc2C(=O)O)cc(C(C)C)c1. The molecule has 1 N–H and O–H groups in total. The lowest BCUT2D eigenvalue weighted by atomic mass is 10.0. The fourth-order valence-electron chi connectivity index (χ4n) is 1.99. The molecular formula is C16H18O4. The number of ether oxygens (including phenoxy) is 1. The summed E-state index contributed by atoms with van der Waals surface area (Å²) in [6, 6.07) is 7.44. The first-order chi connectivity index (χ1) is 9.47. The first-order valence-electron chi connectivity index (χ1n) is 6.51. The predicted molar refractivity (Wildman–Crippen MR) is 75.3 cm³/mol. The summed E-state index contributed by atoms with van der Waals surface area (Å²) in [5.41, 5.74) is 2.45. The molecule has 0 aliphatic carbocycles. The quantitative estimate of drug-likeness (QED) is 0.895. The second-order valence-electron chi connectivity index (χ2n) is 5.09. The highest BCUT2D eigenvalue weighted by molar-refractivity contribution is 5.88. The molecule has 0 unspecified atom stereocenters. The number of aryl methyl sites for hydroxylation is 1. The number of rotatable bonds is 5. The fourth-order valence-corrected chi connectivity index (χ4v) is 1.99. The summed E-state index contributed by atoms with van der Waals surface area (Å²) in [5.74, 6) is 0.450. The van der Waals surface area contributed by atoms with Gasteiger partial charge in [0, 0.05) is 0 Å². The number of benzene rings is 1. The molecule has 0 saturated heterocycles. The van der Waals surface area contributed by atoms with Crippen molar-refractivity contribution >= 4 is 5.97 Å². The summed E-state index contributed by atoms with van der Waals surface area (Å²) in [6.07, 6.45) is 1.36. The Labute approximate surface area is 118 Å². The van der Waals surface area contributed by atoms with Crippen molar-refractivity contribution < 1.29 is 19.1 Å². The van der Waals surface area contributed by atoms with Gasteiger partial charge in [-0.25, -0.2) is 4.79 Å². The Morgan fingerprint density at radius 3 is 2.75 bits per heavy atom. The molecule has 1 heterocycles. The Hall–Kier alpha value is -2.23. The molecular weight excluding hydrogens is 256 g/mol. The highest BCUT2D eigenvalue weighted by Gasteiger charge is 2.14. The molecule has 20 heavy (non-hydrogen) atoms. The lowest BCUT2D eigenvalue weighted by Crippen LogP contribution is -2.03. The lowest BCUT2D eigenvalue weighted by Gasteiger charge is -2.11. The van der Waals surface area contributed by atoms with Gasteiger partial charge in [0.05, 0.1) is 6.26 Å². The maximum atomic E-state index is 11.0. The van der Waals surface area contributed by atoms with Gasteiger partial charge < -0.3 is 14.3 Å². The molecule has 0 bridgehead atoms. The van der Waals surface area contributed by atoms with E-state index >= 15 is 0 Å². The van der Waals surface area contributed by atoms with Crippen molar-refractivity contribution in [2.45, 2.75) is 33.3 Å². The molecule has 0 fully saturated rings. The Morgan fingerprint density at radius 2 is 2.10 bits per heavy atom. The molecule has 0 spiro atoms. The summed E-state index contributed by atoms with van der Waals surface area (Å²) < 4.78 is 10.8. The normalized spacial score (nSPS) is 10.8. The molecule has 1 aromatic carbocycles. The Bertz CT molecular complexity index is 611. The zero-order valence-electron chi connectivity index (χ0n) is 11.8. The van der Waals surface area contributed by atoms with Crippen LogP contribution in [0, 0.1) is 6.92 Å². The molecule has 2 rings (SSSR count). The minimum Gasteiger partial charge on any atom is -0.486 e. The van der Waals surface area contributed by atoms with Gasteiger partial charge in [-0.05, 0) is 42.2 Å². The summed E-state index contributed by atoms with van der Waals surface area (Å²) in [5, 5.41) is 9.00. The molecule has 0 radical (unpaired) electrons. The third-order valence-electron chi connectivity index (χ3n) is 3.09. The van der Waals surface area contributed by atoms with Gasteiger partial charge in [-0.15, -0.1) is 0 Å². The van der Waals surface area contributed by atoms with E-state index in [0.29, 0.717) is 11.7 Å². The van der Waals surface area contributed by atoms with Gasteiger partial charge in [-0.1, -0.05) is 19.9 Å². The van der Waals surface area contributed by atoms with Gasteiger partial charge in [0.1, 0.15) is 17.9 Å². The minimum atomic E-state index is -1.01. The van der Waals surface area contributed by atoms with Crippen LogP contribution in [0.5, 0.6) is 5.75 Å². The highest BCUT2D eigenvalue weighted by Crippen LogP contribution is 2.24. The van der Waals surface area contributed by atoms with Crippen LogP contribution >= 0.6 is 0 Å². The summed E-state index contributed by atoms with van der Waals surface area (Å²) in [6.45, 7) is 6.35. The van der Waals surface area contributed by atoms with Crippen molar-refractivity contribution in [1.82, 2.24) is 0 Å². The van der Waals surface area contributed by atoms with E-state index in [1.165, 1.54) is 17.9 Å². The second-order valence-corrected chi connectivity index (χ2v) is 5.09. The average molecular weight is 274 g/mol. The van der Waals surface area contributed by atoms with Crippen molar-refractivity contribution in [3.8, 4) is 5.75 Å². The van der Waals surface area contributed by atoms with Crippen LogP contribution in [0.4, 0.5) is 0 Å². The molecule has 0 atom stereocenters. The number of furan rings is 1. The van der Waals surface area contributed by atoms with Gasteiger partial charge in [0.2, 0.25) is 0 Å². The number of hydrogen-bond acceptors (Lipinski definition) is 3. The molecule has 2 aromatic rings. The molecule has 106 valence electrons. The van der Waals surface area contributed by atoms with Crippen LogP contribution in [0.15, 0.2) is 34.9 Å². The van der Waals surface area contributed by atoms with E-state index in [0.717, 1.165) is 11.3 Å². The van der Waals surface area contributed by atoms with Crippen LogP contribution in [0.25, 0.3) is 0 Å². The maximum Gasteiger partial charge on any atom is 0.339 e. The van der Waals surface area contributed by atoms with E-state index in [1.807, 2.05) is 19.1 Å². The molecule has 4 nitrogen and oxygen atoms in total. The molecule has 0 amide bonds. The second kappa shape index (κ2) is 5.82. The molecule has 0 aliphatic heterocycles. The zero-order valence-corrected chi connectivity index (χ0v) is 11.8. The van der Waals surface area contributed by atoms with Crippen LogP contribution in [0.1, 0.15) is 47.0 Å². The van der Waals surface area contributed by atoms with Crippen LogP contribution in [0.3, 0.4) is 0 Å². The van der Waals surface area contributed by atoms with Crippen molar-refractivity contribution in [3.63, 3.8) is 0 Å². The van der Waals surface area contributed by atoms with Crippen molar-refractivity contribution in [3.05, 3.63) is 53.0 Å². The largest absolute Gasteiger partial charge is 0.486 e. The van der Waals surface area contributed by atoms with E-state index in [2.05, 4.69) is 19.9 Å². The number of carboxylic acids is 1. The van der Waals surface area contributed by atoms with Crippen molar-refractivity contribution in [2.75, 3.05) is 0 Å². The van der Waals surface area contributed by atoms with Crippen LogP contribution in [-0.2, 0) is 6.61 Å². The highest BCUT2D eigenvalue weighted by atomic mass is 16.5. The topological polar surface area (TPSA) is 59.7 Å². The fraction of sp³-hybridized carbons (Fsp3) is 0.312. The van der Waals surface area contributed by atoms with E-state index in [1.54, 1.807) is 0 Å². The van der Waals surface area contributed by atoms with E-state index in [9.17, 15) is 4.79 Å². The third kappa shape index (κ3) is 3.20. The predicted octanol–water partition coefficient (Wildman–Crippen LogP) is 3.99. The van der Waals surface area contributed by atoms with Gasteiger partial charge in [-0.3, -0.25) is 0 Å². The Morgan fingerprint density at radius 1 is 1.35 bits per heavy atom. The Kier molecular flexibility index (Phi) is 4.13. The van der Waals surface area contributed by atoms with E-state index < -0.39 is 5.97 Å². The molecule has 1 aromatic heterocycles. The number of aromatic carboxylic acids is 1. The smallest absolute Gasteiger partial charge is 0.339 e. The average Bonchev–Trinajstić information content (AvgIpc) is 2.84. The van der Waals surface area contributed by atoms with Gasteiger partial charge in [0.25, 0.3) is 0 Å². The van der Waals surface area contributed by atoms with Crippen LogP contribution in [0.2, 0.25) is 0 Å². The Balaban J connectivity index is 2.14. The number of hydrogen-bond donors (Lipinski definition) is 1. The van der Waals surface area contributed by atoms with Crippen molar-refractivity contribution in [1.29, 1.82) is 0 Å². The van der Waals surface area contributed by atoms with Crippen LogP contribution < -0.4 is 4.74 Å². The first-order valence-corrected chi connectivity index (χ1v) is 6.51. The maximum absolute atomic E-state index is 11.0. The van der Waals surface area contributed by atoms with Gasteiger partial charge in [0.15, 0.2) is 5.76 Å².